The molecule has 0 atom stereocenters. The van der Waals surface area contributed by atoms with Gasteiger partial charge in [-0.3, -0.25) is 0 Å². The SMILES string of the molecule is Nc1cccc(-c2c(O)cccc2Oc2cccc(O)c2-c2cccc(N)c2)c1. The van der Waals surface area contributed by atoms with Gasteiger partial charge in [-0.15, -0.1) is 0 Å². The highest BCUT2D eigenvalue weighted by Gasteiger charge is 2.17. The van der Waals surface area contributed by atoms with Gasteiger partial charge in [0.25, 0.3) is 0 Å². The van der Waals surface area contributed by atoms with E-state index in [-0.39, 0.29) is 11.5 Å². The summed E-state index contributed by atoms with van der Waals surface area (Å²) < 4.78 is 6.19. The number of nitrogens with two attached hydrogens (primary N) is 2. The summed E-state index contributed by atoms with van der Waals surface area (Å²) >= 11 is 0. The van der Waals surface area contributed by atoms with Crippen molar-refractivity contribution in [3.63, 3.8) is 0 Å². The molecule has 0 aliphatic carbocycles. The quantitative estimate of drug-likeness (QED) is 0.353. The fourth-order valence-corrected chi connectivity index (χ4v) is 3.30. The molecule has 0 fully saturated rings. The standard InChI is InChI=1S/C24H20N2O3/c25-17-7-1-5-15(13-17)23-19(27)9-3-11-21(23)29-22-12-4-10-20(28)24(22)16-6-2-8-18(26)14-16/h1-14,27-28H,25-26H2. The fourth-order valence-electron chi connectivity index (χ4n) is 3.30. The van der Waals surface area contributed by atoms with Crippen molar-refractivity contribution in [1.82, 2.24) is 0 Å². The molecular weight excluding hydrogens is 364 g/mol. The van der Waals surface area contributed by atoms with Gasteiger partial charge >= 0.3 is 0 Å². The monoisotopic (exact) mass is 384 g/mol. The van der Waals surface area contributed by atoms with Crippen molar-refractivity contribution < 1.29 is 14.9 Å². The van der Waals surface area contributed by atoms with Crippen LogP contribution in [0.15, 0.2) is 84.9 Å². The van der Waals surface area contributed by atoms with E-state index in [1.807, 2.05) is 24.3 Å². The molecule has 0 amide bonds. The number of aromatic hydroxyl groups is 2. The summed E-state index contributed by atoms with van der Waals surface area (Å²) in [5.74, 6) is 1.01. The molecule has 4 aromatic carbocycles. The van der Waals surface area contributed by atoms with Crippen molar-refractivity contribution in [1.29, 1.82) is 0 Å². The maximum Gasteiger partial charge on any atom is 0.139 e. The van der Waals surface area contributed by atoms with E-state index < -0.39 is 0 Å². The molecule has 5 heteroatoms. The van der Waals surface area contributed by atoms with Gasteiger partial charge in [0, 0.05) is 11.4 Å². The first-order chi connectivity index (χ1) is 14.0. The molecule has 0 spiro atoms. The van der Waals surface area contributed by atoms with Crippen LogP contribution in [0.25, 0.3) is 22.3 Å². The number of benzene rings is 4. The summed E-state index contributed by atoms with van der Waals surface area (Å²) in [4.78, 5) is 0. The molecular formula is C24H20N2O3. The molecule has 4 rings (SSSR count). The van der Waals surface area contributed by atoms with E-state index in [9.17, 15) is 10.2 Å². The van der Waals surface area contributed by atoms with E-state index in [4.69, 9.17) is 16.2 Å². The minimum Gasteiger partial charge on any atom is -0.507 e. The van der Waals surface area contributed by atoms with E-state index >= 15 is 0 Å². The predicted molar refractivity (Wildman–Crippen MR) is 116 cm³/mol. The number of hydrogen-bond donors (Lipinski definition) is 4. The van der Waals surface area contributed by atoms with Gasteiger partial charge in [0.05, 0.1) is 11.1 Å². The van der Waals surface area contributed by atoms with Crippen LogP contribution in [0.2, 0.25) is 0 Å². The van der Waals surface area contributed by atoms with Crippen molar-refractivity contribution in [3.8, 4) is 45.3 Å². The van der Waals surface area contributed by atoms with Crippen LogP contribution in [0.1, 0.15) is 0 Å². The summed E-state index contributed by atoms with van der Waals surface area (Å²) in [6.07, 6.45) is 0. The van der Waals surface area contributed by atoms with Crippen LogP contribution in [0, 0.1) is 0 Å². The van der Waals surface area contributed by atoms with Crippen molar-refractivity contribution in [2.75, 3.05) is 11.5 Å². The molecule has 6 N–H and O–H groups in total. The van der Waals surface area contributed by atoms with Crippen LogP contribution in [0.4, 0.5) is 11.4 Å². The largest absolute Gasteiger partial charge is 0.507 e. The Morgan fingerprint density at radius 3 is 1.38 bits per heavy atom. The average Bonchev–Trinajstić information content (AvgIpc) is 2.68. The second-order valence-electron chi connectivity index (χ2n) is 6.65. The fraction of sp³-hybridized carbons (Fsp3) is 0. The molecule has 4 aromatic rings. The van der Waals surface area contributed by atoms with Crippen molar-refractivity contribution >= 4 is 11.4 Å². The van der Waals surface area contributed by atoms with Gasteiger partial charge in [-0.1, -0.05) is 36.4 Å². The van der Waals surface area contributed by atoms with E-state index in [2.05, 4.69) is 0 Å². The number of nitrogen functional groups attached to an aromatic ring is 2. The number of hydrogen-bond acceptors (Lipinski definition) is 5. The molecule has 5 nitrogen and oxygen atoms in total. The predicted octanol–water partition coefficient (Wildman–Crippen LogP) is 5.39. The Kier molecular flexibility index (Phi) is 4.71. The van der Waals surface area contributed by atoms with Gasteiger partial charge in [0.2, 0.25) is 0 Å². The molecule has 0 heterocycles. The molecule has 0 aliphatic rings. The summed E-state index contributed by atoms with van der Waals surface area (Å²) in [7, 11) is 0. The zero-order chi connectivity index (χ0) is 20.4. The van der Waals surface area contributed by atoms with E-state index in [1.54, 1.807) is 60.7 Å². The zero-order valence-electron chi connectivity index (χ0n) is 15.5. The van der Waals surface area contributed by atoms with Gasteiger partial charge in [0.15, 0.2) is 0 Å². The highest BCUT2D eigenvalue weighted by atomic mass is 16.5. The Morgan fingerprint density at radius 1 is 0.552 bits per heavy atom. The smallest absolute Gasteiger partial charge is 0.139 e. The summed E-state index contributed by atoms with van der Waals surface area (Å²) in [6.45, 7) is 0. The maximum absolute atomic E-state index is 10.5. The van der Waals surface area contributed by atoms with Crippen LogP contribution in [0.5, 0.6) is 23.0 Å². The van der Waals surface area contributed by atoms with Crippen LogP contribution in [-0.4, -0.2) is 10.2 Å². The van der Waals surface area contributed by atoms with Gasteiger partial charge in [0.1, 0.15) is 23.0 Å². The first-order valence-electron chi connectivity index (χ1n) is 9.06. The second-order valence-corrected chi connectivity index (χ2v) is 6.65. The number of phenolic OH excluding ortho intramolecular Hbond substituents is 2. The Balaban J connectivity index is 1.85. The Hall–Kier alpha value is -4.12. The minimum atomic E-state index is 0.0683. The van der Waals surface area contributed by atoms with Crippen molar-refractivity contribution in [2.45, 2.75) is 0 Å². The minimum absolute atomic E-state index is 0.0683. The molecule has 0 radical (unpaired) electrons. The lowest BCUT2D eigenvalue weighted by molar-refractivity contribution is 0.451. The molecule has 0 aliphatic heterocycles. The topological polar surface area (TPSA) is 102 Å². The number of rotatable bonds is 4. The van der Waals surface area contributed by atoms with E-state index in [1.165, 1.54) is 0 Å². The molecule has 0 bridgehead atoms. The zero-order valence-corrected chi connectivity index (χ0v) is 15.5. The van der Waals surface area contributed by atoms with Crippen LogP contribution >= 0.6 is 0 Å². The van der Waals surface area contributed by atoms with Gasteiger partial charge in [-0.05, 0) is 59.7 Å². The highest BCUT2D eigenvalue weighted by molar-refractivity contribution is 5.81. The van der Waals surface area contributed by atoms with Crippen LogP contribution in [-0.2, 0) is 0 Å². The third-order valence-electron chi connectivity index (χ3n) is 4.58. The number of ether oxygens (including phenoxy) is 1. The Morgan fingerprint density at radius 2 is 0.966 bits per heavy atom. The summed E-state index contributed by atoms with van der Waals surface area (Å²) in [5.41, 5.74) is 15.5. The van der Waals surface area contributed by atoms with Gasteiger partial charge in [-0.2, -0.15) is 0 Å². The van der Waals surface area contributed by atoms with Crippen molar-refractivity contribution in [3.05, 3.63) is 84.9 Å². The highest BCUT2D eigenvalue weighted by Crippen LogP contribution is 2.44. The molecule has 0 saturated heterocycles. The number of phenols is 2. The summed E-state index contributed by atoms with van der Waals surface area (Å²) in [6, 6.07) is 24.5. The molecule has 0 saturated carbocycles. The van der Waals surface area contributed by atoms with Crippen LogP contribution < -0.4 is 16.2 Å². The first kappa shape index (κ1) is 18.3. The van der Waals surface area contributed by atoms with E-state index in [0.717, 1.165) is 11.1 Å². The molecule has 144 valence electrons. The lowest BCUT2D eigenvalue weighted by Gasteiger charge is -2.17. The van der Waals surface area contributed by atoms with Gasteiger partial charge in [-0.25, -0.2) is 0 Å². The van der Waals surface area contributed by atoms with Gasteiger partial charge < -0.3 is 26.4 Å². The second kappa shape index (κ2) is 7.48. The Labute approximate surface area is 168 Å². The normalized spacial score (nSPS) is 10.6. The average molecular weight is 384 g/mol. The third-order valence-corrected chi connectivity index (χ3v) is 4.58. The lowest BCUT2D eigenvalue weighted by Crippen LogP contribution is -1.93. The summed E-state index contributed by atoms with van der Waals surface area (Å²) in [5, 5.41) is 21.0. The van der Waals surface area contributed by atoms with Crippen LogP contribution in [0.3, 0.4) is 0 Å². The van der Waals surface area contributed by atoms with Crippen molar-refractivity contribution in [2.24, 2.45) is 0 Å². The third kappa shape index (κ3) is 3.66. The molecule has 0 unspecified atom stereocenters. The Bertz CT molecular complexity index is 1100. The molecule has 0 aromatic heterocycles. The van der Waals surface area contributed by atoms with E-state index in [0.29, 0.717) is 34.0 Å². The lowest BCUT2D eigenvalue weighted by atomic mass is 10.0. The first-order valence-corrected chi connectivity index (χ1v) is 9.06. The number of anilines is 2. The maximum atomic E-state index is 10.5. The molecule has 29 heavy (non-hydrogen) atoms.